The summed E-state index contributed by atoms with van der Waals surface area (Å²) in [4.78, 5) is 0.954. The Hall–Kier alpha value is -1.32. The highest BCUT2D eigenvalue weighted by molar-refractivity contribution is 7.89. The molecule has 0 aliphatic carbocycles. The Morgan fingerprint density at radius 2 is 1.70 bits per heavy atom. The van der Waals surface area contributed by atoms with Crippen molar-refractivity contribution in [3.63, 3.8) is 0 Å². The molecule has 0 spiro atoms. The van der Waals surface area contributed by atoms with Gasteiger partial charge in [0.15, 0.2) is 10.0 Å². The first-order chi connectivity index (χ1) is 10.7. The molecule has 1 aliphatic heterocycles. The number of benzene rings is 1. The highest BCUT2D eigenvalue weighted by Gasteiger charge is 2.33. The monoisotopic (exact) mass is 363 g/mol. The summed E-state index contributed by atoms with van der Waals surface area (Å²) in [6.45, 7) is 4.88. The molecule has 1 aromatic rings. The third kappa shape index (κ3) is 3.96. The SMILES string of the molecule is CC(C)NC(=S)N1CCN(S(=O)(=O)c2c(F)cccc2F)CC1. The van der Waals surface area contributed by atoms with Crippen LogP contribution in [0, 0.1) is 11.6 Å². The number of thiocarbonyl (C=S) groups is 1. The molecule has 0 unspecified atom stereocenters. The normalized spacial score (nSPS) is 16.7. The first-order valence-corrected chi connectivity index (χ1v) is 9.08. The summed E-state index contributed by atoms with van der Waals surface area (Å²) >= 11 is 5.24. The molecule has 0 atom stereocenters. The fraction of sp³-hybridized carbons (Fsp3) is 0.500. The van der Waals surface area contributed by atoms with Gasteiger partial charge in [0.25, 0.3) is 0 Å². The molecule has 0 bridgehead atoms. The van der Waals surface area contributed by atoms with Crippen LogP contribution in [0.2, 0.25) is 0 Å². The predicted molar refractivity (Wildman–Crippen MR) is 87.6 cm³/mol. The third-order valence-electron chi connectivity index (χ3n) is 3.45. The second-order valence-electron chi connectivity index (χ2n) is 5.55. The van der Waals surface area contributed by atoms with Crippen LogP contribution in [0.25, 0.3) is 0 Å². The van der Waals surface area contributed by atoms with E-state index in [-0.39, 0.29) is 19.1 Å². The Labute approximate surface area is 140 Å². The molecule has 1 aromatic carbocycles. The van der Waals surface area contributed by atoms with E-state index in [1.54, 1.807) is 0 Å². The van der Waals surface area contributed by atoms with Gasteiger partial charge in [0.1, 0.15) is 11.6 Å². The van der Waals surface area contributed by atoms with Crippen LogP contribution in [0.4, 0.5) is 8.78 Å². The first-order valence-electron chi connectivity index (χ1n) is 7.23. The molecule has 0 saturated carbocycles. The summed E-state index contributed by atoms with van der Waals surface area (Å²) in [7, 11) is -4.20. The number of hydrogen-bond acceptors (Lipinski definition) is 3. The number of piperazine rings is 1. The topological polar surface area (TPSA) is 52.6 Å². The van der Waals surface area contributed by atoms with Crippen LogP contribution in [-0.4, -0.2) is 55.0 Å². The molecule has 1 heterocycles. The van der Waals surface area contributed by atoms with Crippen molar-refractivity contribution in [1.82, 2.24) is 14.5 Å². The van der Waals surface area contributed by atoms with Crippen molar-refractivity contribution in [3.05, 3.63) is 29.8 Å². The molecule has 1 aliphatic rings. The minimum Gasteiger partial charge on any atom is -0.360 e. The molecule has 23 heavy (non-hydrogen) atoms. The second-order valence-corrected chi connectivity index (χ2v) is 7.81. The average Bonchev–Trinajstić information content (AvgIpc) is 2.46. The zero-order valence-corrected chi connectivity index (χ0v) is 14.6. The van der Waals surface area contributed by atoms with Crippen molar-refractivity contribution in [2.75, 3.05) is 26.2 Å². The molecular weight excluding hydrogens is 344 g/mol. The van der Waals surface area contributed by atoms with E-state index in [0.29, 0.717) is 18.2 Å². The highest BCUT2D eigenvalue weighted by atomic mass is 32.2. The number of nitrogens with one attached hydrogen (secondary N) is 1. The predicted octanol–water partition coefficient (Wildman–Crippen LogP) is 1.55. The van der Waals surface area contributed by atoms with Crippen LogP contribution in [0.1, 0.15) is 13.8 Å². The van der Waals surface area contributed by atoms with Crippen LogP contribution in [0.15, 0.2) is 23.1 Å². The van der Waals surface area contributed by atoms with Crippen molar-refractivity contribution in [3.8, 4) is 0 Å². The van der Waals surface area contributed by atoms with Gasteiger partial charge in [-0.3, -0.25) is 0 Å². The Balaban J connectivity index is 2.12. The van der Waals surface area contributed by atoms with E-state index in [1.807, 2.05) is 18.7 Å². The number of sulfonamides is 1. The van der Waals surface area contributed by atoms with E-state index < -0.39 is 26.6 Å². The van der Waals surface area contributed by atoms with Gasteiger partial charge >= 0.3 is 0 Å². The quantitative estimate of drug-likeness (QED) is 0.826. The number of nitrogens with zero attached hydrogens (tertiary/aromatic N) is 2. The lowest BCUT2D eigenvalue weighted by molar-refractivity contribution is 0.261. The Morgan fingerprint density at radius 3 is 2.17 bits per heavy atom. The molecule has 0 radical (unpaired) electrons. The van der Waals surface area contributed by atoms with Crippen molar-refractivity contribution in [2.24, 2.45) is 0 Å². The molecule has 128 valence electrons. The minimum absolute atomic E-state index is 0.121. The van der Waals surface area contributed by atoms with Gasteiger partial charge in [0.2, 0.25) is 10.0 Å². The molecule has 2 rings (SSSR count). The van der Waals surface area contributed by atoms with Crippen molar-refractivity contribution in [1.29, 1.82) is 0 Å². The maximum Gasteiger partial charge on any atom is 0.249 e. The van der Waals surface area contributed by atoms with Crippen molar-refractivity contribution >= 4 is 27.4 Å². The number of rotatable bonds is 3. The smallest absolute Gasteiger partial charge is 0.249 e. The summed E-state index contributed by atoms with van der Waals surface area (Å²) in [6.07, 6.45) is 0. The molecule has 1 N–H and O–H groups in total. The fourth-order valence-electron chi connectivity index (χ4n) is 2.33. The molecule has 1 fully saturated rings. The molecule has 9 heteroatoms. The third-order valence-corrected chi connectivity index (χ3v) is 5.78. The van der Waals surface area contributed by atoms with E-state index in [0.717, 1.165) is 22.5 Å². The standard InChI is InChI=1S/C14H19F2N3O2S2/c1-10(2)17-14(22)18-6-8-19(9-7-18)23(20,21)13-11(15)4-3-5-12(13)16/h3-5,10H,6-9H2,1-2H3,(H,17,22). The number of halogens is 2. The van der Waals surface area contributed by atoms with Gasteiger partial charge in [-0.25, -0.2) is 17.2 Å². The Morgan fingerprint density at radius 1 is 1.17 bits per heavy atom. The Bertz CT molecular complexity index is 667. The maximum absolute atomic E-state index is 13.8. The zero-order valence-electron chi connectivity index (χ0n) is 12.9. The fourth-order valence-corrected chi connectivity index (χ4v) is 4.28. The van der Waals surface area contributed by atoms with Gasteiger partial charge in [-0.2, -0.15) is 4.31 Å². The van der Waals surface area contributed by atoms with Crippen LogP contribution >= 0.6 is 12.2 Å². The van der Waals surface area contributed by atoms with E-state index in [1.165, 1.54) is 0 Å². The zero-order chi connectivity index (χ0) is 17.2. The largest absolute Gasteiger partial charge is 0.360 e. The highest BCUT2D eigenvalue weighted by Crippen LogP contribution is 2.23. The van der Waals surface area contributed by atoms with E-state index in [4.69, 9.17) is 12.2 Å². The lowest BCUT2D eigenvalue weighted by Gasteiger charge is -2.36. The van der Waals surface area contributed by atoms with E-state index in [2.05, 4.69) is 5.32 Å². The first kappa shape index (κ1) is 18.0. The molecule has 5 nitrogen and oxygen atoms in total. The molecule has 0 amide bonds. The van der Waals surface area contributed by atoms with Crippen LogP contribution in [0.3, 0.4) is 0 Å². The summed E-state index contributed by atoms with van der Waals surface area (Å²) in [6, 6.07) is 3.19. The second kappa shape index (κ2) is 7.06. The number of hydrogen-bond donors (Lipinski definition) is 1. The van der Waals surface area contributed by atoms with Crippen molar-refractivity contribution < 1.29 is 17.2 Å². The lowest BCUT2D eigenvalue weighted by atomic mass is 10.3. The van der Waals surface area contributed by atoms with Gasteiger partial charge in [-0.1, -0.05) is 6.07 Å². The summed E-state index contributed by atoms with van der Waals surface area (Å²) in [5.41, 5.74) is 0. The van der Waals surface area contributed by atoms with Gasteiger partial charge in [0.05, 0.1) is 0 Å². The van der Waals surface area contributed by atoms with Gasteiger partial charge in [0, 0.05) is 32.2 Å². The van der Waals surface area contributed by atoms with Gasteiger partial charge in [-0.05, 0) is 38.2 Å². The summed E-state index contributed by atoms with van der Waals surface area (Å²) in [5, 5.41) is 3.64. The van der Waals surface area contributed by atoms with Gasteiger partial charge < -0.3 is 10.2 Å². The summed E-state index contributed by atoms with van der Waals surface area (Å²) in [5.74, 6) is -2.16. The lowest BCUT2D eigenvalue weighted by Crippen LogP contribution is -2.54. The van der Waals surface area contributed by atoms with Crippen LogP contribution in [-0.2, 0) is 10.0 Å². The maximum atomic E-state index is 13.8. The molecular formula is C14H19F2N3O2S2. The summed E-state index contributed by atoms with van der Waals surface area (Å²) < 4.78 is 53.5. The average molecular weight is 363 g/mol. The van der Waals surface area contributed by atoms with E-state index in [9.17, 15) is 17.2 Å². The minimum atomic E-state index is -4.20. The van der Waals surface area contributed by atoms with Crippen LogP contribution < -0.4 is 5.32 Å². The Kier molecular flexibility index (Phi) is 5.53. The van der Waals surface area contributed by atoms with E-state index >= 15 is 0 Å². The van der Waals surface area contributed by atoms with Crippen LogP contribution in [0.5, 0.6) is 0 Å². The van der Waals surface area contributed by atoms with Crippen molar-refractivity contribution in [2.45, 2.75) is 24.8 Å². The van der Waals surface area contributed by atoms with Gasteiger partial charge in [-0.15, -0.1) is 0 Å². The molecule has 0 aromatic heterocycles. The molecule has 1 saturated heterocycles.